The summed E-state index contributed by atoms with van der Waals surface area (Å²) in [6.07, 6.45) is -1.03. The van der Waals surface area contributed by atoms with Crippen molar-refractivity contribution in [2.45, 2.75) is 20.0 Å². The summed E-state index contributed by atoms with van der Waals surface area (Å²) in [4.78, 5) is 18.8. The Bertz CT molecular complexity index is 400. The van der Waals surface area contributed by atoms with Crippen molar-refractivity contribution in [1.29, 1.82) is 0 Å². The molecule has 7 nitrogen and oxygen atoms in total. The highest BCUT2D eigenvalue weighted by molar-refractivity contribution is 5.72. The predicted molar refractivity (Wildman–Crippen MR) is 62.0 cm³/mol. The lowest BCUT2D eigenvalue weighted by Crippen LogP contribution is -2.32. The number of nitrogens with zero attached hydrogens (tertiary/aromatic N) is 2. The number of methoxy groups -OCH3 is 2. The maximum Gasteiger partial charge on any atom is 0.345 e. The number of hydrogen-bond donors (Lipinski definition) is 1. The lowest BCUT2D eigenvalue weighted by atomic mass is 10.1. The van der Waals surface area contributed by atoms with E-state index in [1.54, 1.807) is 13.8 Å². The highest BCUT2D eigenvalue weighted by Crippen LogP contribution is 2.20. The predicted octanol–water partition coefficient (Wildman–Crippen LogP) is 0.982. The van der Waals surface area contributed by atoms with Gasteiger partial charge in [-0.1, -0.05) is 13.8 Å². The van der Waals surface area contributed by atoms with E-state index in [2.05, 4.69) is 9.97 Å². The first-order valence-electron chi connectivity index (χ1n) is 5.34. The monoisotopic (exact) mass is 256 g/mol. The molecular formula is C11H16N2O5. The molecular weight excluding hydrogens is 240 g/mol. The standard InChI is InChI=1S/C11H16N2O5/c1-6(2)9(10(14)15)18-11-12-7(16-3)5-8(13-11)17-4/h5-6,9H,1-4H3,(H,14,15)/t9-/m0/s1. The van der Waals surface area contributed by atoms with Crippen LogP contribution in [-0.2, 0) is 4.79 Å². The van der Waals surface area contributed by atoms with Gasteiger partial charge in [0.25, 0.3) is 0 Å². The first-order valence-corrected chi connectivity index (χ1v) is 5.34. The molecule has 0 saturated carbocycles. The molecule has 0 fully saturated rings. The van der Waals surface area contributed by atoms with Gasteiger partial charge in [0, 0.05) is 5.92 Å². The van der Waals surface area contributed by atoms with Crippen LogP contribution in [0.1, 0.15) is 13.8 Å². The van der Waals surface area contributed by atoms with Crippen LogP contribution in [0.5, 0.6) is 17.8 Å². The van der Waals surface area contributed by atoms with E-state index in [1.165, 1.54) is 20.3 Å². The highest BCUT2D eigenvalue weighted by atomic mass is 16.5. The Kier molecular flexibility index (Phi) is 4.70. The van der Waals surface area contributed by atoms with Crippen LogP contribution in [-0.4, -0.2) is 41.4 Å². The maximum absolute atomic E-state index is 11.0. The van der Waals surface area contributed by atoms with E-state index in [0.29, 0.717) is 0 Å². The number of carbonyl (C=O) groups is 1. The van der Waals surface area contributed by atoms with Gasteiger partial charge in [0.2, 0.25) is 17.9 Å². The molecule has 1 heterocycles. The second-order valence-corrected chi connectivity index (χ2v) is 3.86. The molecule has 0 aromatic carbocycles. The normalized spacial score (nSPS) is 12.1. The quantitative estimate of drug-likeness (QED) is 0.811. The zero-order valence-electron chi connectivity index (χ0n) is 10.7. The smallest absolute Gasteiger partial charge is 0.345 e. The van der Waals surface area contributed by atoms with Gasteiger partial charge in [0.1, 0.15) is 0 Å². The van der Waals surface area contributed by atoms with Crippen LogP contribution >= 0.6 is 0 Å². The number of aromatic nitrogens is 2. The van der Waals surface area contributed by atoms with Crippen molar-refractivity contribution in [3.8, 4) is 17.8 Å². The van der Waals surface area contributed by atoms with Crippen molar-refractivity contribution >= 4 is 5.97 Å². The molecule has 0 spiro atoms. The Labute approximate surface area is 105 Å². The van der Waals surface area contributed by atoms with Crippen LogP contribution in [0.2, 0.25) is 0 Å². The van der Waals surface area contributed by atoms with E-state index in [4.69, 9.17) is 19.3 Å². The minimum Gasteiger partial charge on any atom is -0.481 e. The molecule has 18 heavy (non-hydrogen) atoms. The third kappa shape index (κ3) is 3.47. The largest absolute Gasteiger partial charge is 0.481 e. The molecule has 1 aromatic heterocycles. The number of carboxylic acid groups (broad SMARTS) is 1. The molecule has 0 aliphatic heterocycles. The highest BCUT2D eigenvalue weighted by Gasteiger charge is 2.25. The zero-order chi connectivity index (χ0) is 13.7. The lowest BCUT2D eigenvalue weighted by molar-refractivity contribution is -0.147. The summed E-state index contributed by atoms with van der Waals surface area (Å²) >= 11 is 0. The van der Waals surface area contributed by atoms with Crippen molar-refractivity contribution in [1.82, 2.24) is 9.97 Å². The summed E-state index contributed by atoms with van der Waals surface area (Å²) in [6.45, 7) is 3.46. The number of ether oxygens (including phenoxy) is 3. The SMILES string of the molecule is COc1cc(OC)nc(O[C@H](C(=O)O)C(C)C)n1. The van der Waals surface area contributed by atoms with Crippen LogP contribution in [0.15, 0.2) is 6.07 Å². The van der Waals surface area contributed by atoms with Crippen LogP contribution in [0.25, 0.3) is 0 Å². The molecule has 0 bridgehead atoms. The molecule has 0 saturated heterocycles. The van der Waals surface area contributed by atoms with Gasteiger partial charge in [0.15, 0.2) is 0 Å². The van der Waals surface area contributed by atoms with Gasteiger partial charge in [-0.15, -0.1) is 0 Å². The summed E-state index contributed by atoms with van der Waals surface area (Å²) in [5, 5.41) is 9.01. The summed E-state index contributed by atoms with van der Waals surface area (Å²) in [5.74, 6) is -0.812. The van der Waals surface area contributed by atoms with E-state index >= 15 is 0 Å². The molecule has 0 aliphatic carbocycles. The Morgan fingerprint density at radius 2 is 1.72 bits per heavy atom. The van der Waals surface area contributed by atoms with Crippen molar-refractivity contribution in [2.75, 3.05) is 14.2 Å². The Morgan fingerprint density at radius 1 is 1.22 bits per heavy atom. The second-order valence-electron chi connectivity index (χ2n) is 3.86. The van der Waals surface area contributed by atoms with Crippen LogP contribution < -0.4 is 14.2 Å². The molecule has 0 amide bonds. The molecule has 1 aromatic rings. The van der Waals surface area contributed by atoms with Gasteiger partial charge in [-0.2, -0.15) is 9.97 Å². The van der Waals surface area contributed by atoms with E-state index in [0.717, 1.165) is 0 Å². The second kappa shape index (κ2) is 6.04. The first kappa shape index (κ1) is 14.0. The van der Waals surface area contributed by atoms with Crippen molar-refractivity contribution in [2.24, 2.45) is 5.92 Å². The lowest BCUT2D eigenvalue weighted by Gasteiger charge is -2.17. The molecule has 1 N–H and O–H groups in total. The van der Waals surface area contributed by atoms with Gasteiger partial charge in [-0.25, -0.2) is 4.79 Å². The van der Waals surface area contributed by atoms with Gasteiger partial charge in [-0.05, 0) is 0 Å². The van der Waals surface area contributed by atoms with Crippen LogP contribution in [0.3, 0.4) is 0 Å². The zero-order valence-corrected chi connectivity index (χ0v) is 10.7. The number of rotatable bonds is 6. The van der Waals surface area contributed by atoms with Gasteiger partial charge in [-0.3, -0.25) is 0 Å². The first-order chi connectivity index (χ1) is 8.47. The van der Waals surface area contributed by atoms with E-state index in [-0.39, 0.29) is 23.7 Å². The third-order valence-corrected chi connectivity index (χ3v) is 2.16. The number of hydrogen-bond acceptors (Lipinski definition) is 6. The van der Waals surface area contributed by atoms with E-state index in [9.17, 15) is 4.79 Å². The molecule has 0 unspecified atom stereocenters. The topological polar surface area (TPSA) is 90.8 Å². The Hall–Kier alpha value is -2.05. The summed E-state index contributed by atoms with van der Waals surface area (Å²) in [7, 11) is 2.87. The molecule has 7 heteroatoms. The minimum atomic E-state index is -1.07. The number of aliphatic carboxylic acids is 1. The van der Waals surface area contributed by atoms with Crippen LogP contribution in [0.4, 0.5) is 0 Å². The fourth-order valence-corrected chi connectivity index (χ4v) is 1.23. The van der Waals surface area contributed by atoms with Gasteiger partial charge in [0.05, 0.1) is 20.3 Å². The summed E-state index contributed by atoms with van der Waals surface area (Å²) in [5.41, 5.74) is 0. The Balaban J connectivity index is 2.98. The molecule has 100 valence electrons. The van der Waals surface area contributed by atoms with E-state index < -0.39 is 12.1 Å². The fraction of sp³-hybridized carbons (Fsp3) is 0.545. The average Bonchev–Trinajstić information content (AvgIpc) is 2.34. The van der Waals surface area contributed by atoms with Crippen molar-refractivity contribution in [3.63, 3.8) is 0 Å². The summed E-state index contributed by atoms with van der Waals surface area (Å²) < 4.78 is 15.1. The van der Waals surface area contributed by atoms with Crippen LogP contribution in [0, 0.1) is 5.92 Å². The average molecular weight is 256 g/mol. The van der Waals surface area contributed by atoms with E-state index in [1.807, 2.05) is 0 Å². The molecule has 1 atom stereocenters. The minimum absolute atomic E-state index is 0.0905. The molecule has 1 rings (SSSR count). The van der Waals surface area contributed by atoms with Crippen molar-refractivity contribution < 1.29 is 24.1 Å². The summed E-state index contributed by atoms with van der Waals surface area (Å²) in [6, 6.07) is 1.38. The van der Waals surface area contributed by atoms with Gasteiger partial charge >= 0.3 is 12.0 Å². The molecule has 0 aliphatic rings. The third-order valence-electron chi connectivity index (χ3n) is 2.16. The van der Waals surface area contributed by atoms with Crippen molar-refractivity contribution in [3.05, 3.63) is 6.07 Å². The number of carboxylic acids is 1. The molecule has 0 radical (unpaired) electrons. The fourth-order valence-electron chi connectivity index (χ4n) is 1.23. The maximum atomic E-state index is 11.0. The Morgan fingerprint density at radius 3 is 2.06 bits per heavy atom. The van der Waals surface area contributed by atoms with Gasteiger partial charge < -0.3 is 19.3 Å².